The van der Waals surface area contributed by atoms with Gasteiger partial charge in [0, 0.05) is 30.3 Å². The molecule has 1 aliphatic rings. The second kappa shape index (κ2) is 5.68. The van der Waals surface area contributed by atoms with E-state index in [9.17, 15) is 13.9 Å². The Morgan fingerprint density at radius 1 is 1.14 bits per heavy atom. The van der Waals surface area contributed by atoms with Crippen LogP contribution in [0.2, 0.25) is 0 Å². The molecule has 0 spiro atoms. The number of halogens is 2. The van der Waals surface area contributed by atoms with Gasteiger partial charge in [-0.05, 0) is 30.9 Å². The van der Waals surface area contributed by atoms with Gasteiger partial charge in [-0.15, -0.1) is 0 Å². The molecule has 0 bridgehead atoms. The largest absolute Gasteiger partial charge is 0.392 e. The topological polar surface area (TPSA) is 33.1 Å². The van der Waals surface area contributed by atoms with Crippen molar-refractivity contribution in [2.24, 2.45) is 5.92 Å². The van der Waals surface area contributed by atoms with E-state index in [4.69, 9.17) is 0 Å². The molecular formula is C17H19F2NO. The second-order valence-electron chi connectivity index (χ2n) is 5.96. The van der Waals surface area contributed by atoms with Gasteiger partial charge in [0.15, 0.2) is 0 Å². The molecule has 1 aromatic heterocycles. The number of hydrogen-bond donors (Lipinski definition) is 1. The van der Waals surface area contributed by atoms with E-state index in [0.29, 0.717) is 19.3 Å². The Kier molecular flexibility index (Phi) is 3.89. The SMILES string of the molecule is OC(Cc1ccc2ccccc2n1)C1CCC(F)(F)CC1. The molecule has 1 unspecified atom stereocenters. The van der Waals surface area contributed by atoms with Crippen LogP contribution in [0.15, 0.2) is 36.4 Å². The van der Waals surface area contributed by atoms with Crippen molar-refractivity contribution in [3.05, 3.63) is 42.1 Å². The molecule has 0 aliphatic heterocycles. The second-order valence-corrected chi connectivity index (χ2v) is 5.96. The first-order valence-electron chi connectivity index (χ1n) is 7.44. The van der Waals surface area contributed by atoms with E-state index in [1.807, 2.05) is 36.4 Å². The van der Waals surface area contributed by atoms with Gasteiger partial charge in [-0.1, -0.05) is 24.3 Å². The maximum Gasteiger partial charge on any atom is 0.248 e. The monoisotopic (exact) mass is 291 g/mol. The van der Waals surface area contributed by atoms with E-state index in [1.54, 1.807) is 0 Å². The minimum Gasteiger partial charge on any atom is -0.392 e. The molecule has 1 atom stereocenters. The lowest BCUT2D eigenvalue weighted by Crippen LogP contribution is -2.32. The van der Waals surface area contributed by atoms with Gasteiger partial charge in [0.2, 0.25) is 5.92 Å². The van der Waals surface area contributed by atoms with Crippen molar-refractivity contribution in [3.8, 4) is 0 Å². The van der Waals surface area contributed by atoms with Crippen molar-refractivity contribution < 1.29 is 13.9 Å². The molecule has 1 aromatic carbocycles. The highest BCUT2D eigenvalue weighted by Gasteiger charge is 2.37. The van der Waals surface area contributed by atoms with E-state index in [-0.39, 0.29) is 18.8 Å². The summed E-state index contributed by atoms with van der Waals surface area (Å²) < 4.78 is 26.3. The lowest BCUT2D eigenvalue weighted by molar-refractivity contribution is -0.0620. The molecule has 0 radical (unpaired) electrons. The summed E-state index contributed by atoms with van der Waals surface area (Å²) in [6.07, 6.45) is 0.402. The summed E-state index contributed by atoms with van der Waals surface area (Å²) in [5.74, 6) is -2.59. The minimum atomic E-state index is -2.54. The Balaban J connectivity index is 1.67. The molecule has 0 amide bonds. The third-order valence-electron chi connectivity index (χ3n) is 4.38. The van der Waals surface area contributed by atoms with Crippen LogP contribution in [0.1, 0.15) is 31.4 Å². The van der Waals surface area contributed by atoms with Crippen LogP contribution < -0.4 is 0 Å². The van der Waals surface area contributed by atoms with Crippen LogP contribution in [0, 0.1) is 5.92 Å². The molecule has 1 heterocycles. The molecule has 4 heteroatoms. The lowest BCUT2D eigenvalue weighted by atomic mass is 9.82. The first-order chi connectivity index (χ1) is 10.0. The number of alkyl halides is 2. The van der Waals surface area contributed by atoms with Crippen LogP contribution in [-0.2, 0) is 6.42 Å². The zero-order chi connectivity index (χ0) is 14.9. The van der Waals surface area contributed by atoms with Crippen LogP contribution in [0.25, 0.3) is 10.9 Å². The third-order valence-corrected chi connectivity index (χ3v) is 4.38. The lowest BCUT2D eigenvalue weighted by Gasteiger charge is -2.31. The van der Waals surface area contributed by atoms with Gasteiger partial charge < -0.3 is 5.11 Å². The molecule has 1 fully saturated rings. The van der Waals surface area contributed by atoms with Crippen LogP contribution in [0.5, 0.6) is 0 Å². The predicted molar refractivity (Wildman–Crippen MR) is 78.4 cm³/mol. The number of aliphatic hydroxyl groups is 1. The van der Waals surface area contributed by atoms with Gasteiger partial charge in [-0.25, -0.2) is 8.78 Å². The molecular weight excluding hydrogens is 272 g/mol. The molecule has 1 aliphatic carbocycles. The number of rotatable bonds is 3. The summed E-state index contributed by atoms with van der Waals surface area (Å²) in [7, 11) is 0. The van der Waals surface area contributed by atoms with Crippen LogP contribution >= 0.6 is 0 Å². The Hall–Kier alpha value is -1.55. The van der Waals surface area contributed by atoms with Crippen molar-refractivity contribution in [2.75, 3.05) is 0 Å². The van der Waals surface area contributed by atoms with E-state index in [2.05, 4.69) is 4.98 Å². The van der Waals surface area contributed by atoms with Crippen LogP contribution in [0.3, 0.4) is 0 Å². The van der Waals surface area contributed by atoms with Crippen molar-refractivity contribution in [2.45, 2.75) is 44.1 Å². The highest BCUT2D eigenvalue weighted by Crippen LogP contribution is 2.37. The van der Waals surface area contributed by atoms with Gasteiger partial charge in [0.05, 0.1) is 11.6 Å². The van der Waals surface area contributed by atoms with E-state index in [0.717, 1.165) is 16.6 Å². The van der Waals surface area contributed by atoms with Gasteiger partial charge in [-0.3, -0.25) is 4.98 Å². The summed E-state index contributed by atoms with van der Waals surface area (Å²) in [6.45, 7) is 0. The molecule has 2 nitrogen and oxygen atoms in total. The van der Waals surface area contributed by atoms with E-state index >= 15 is 0 Å². The molecule has 2 aromatic rings. The number of benzene rings is 1. The van der Waals surface area contributed by atoms with Crippen LogP contribution in [0.4, 0.5) is 8.78 Å². The highest BCUT2D eigenvalue weighted by atomic mass is 19.3. The molecule has 1 saturated carbocycles. The number of fused-ring (bicyclic) bond motifs is 1. The fraction of sp³-hybridized carbons (Fsp3) is 0.471. The summed E-state index contributed by atoms with van der Waals surface area (Å²) in [4.78, 5) is 4.53. The fourth-order valence-corrected chi connectivity index (χ4v) is 3.05. The summed E-state index contributed by atoms with van der Waals surface area (Å²) >= 11 is 0. The van der Waals surface area contributed by atoms with Gasteiger partial charge in [0.1, 0.15) is 0 Å². The highest BCUT2D eigenvalue weighted by molar-refractivity contribution is 5.78. The number of hydrogen-bond acceptors (Lipinski definition) is 2. The Bertz CT molecular complexity index is 619. The first kappa shape index (κ1) is 14.4. The number of nitrogens with zero attached hydrogens (tertiary/aromatic N) is 1. The number of pyridine rings is 1. The van der Waals surface area contributed by atoms with Crippen molar-refractivity contribution in [1.29, 1.82) is 0 Å². The van der Waals surface area contributed by atoms with E-state index < -0.39 is 12.0 Å². The van der Waals surface area contributed by atoms with Crippen LogP contribution in [-0.4, -0.2) is 22.1 Å². The predicted octanol–water partition coefficient (Wildman–Crippen LogP) is 3.96. The summed E-state index contributed by atoms with van der Waals surface area (Å²) in [5.41, 5.74) is 1.72. The van der Waals surface area contributed by atoms with Gasteiger partial charge in [0.25, 0.3) is 0 Å². The average Bonchev–Trinajstić information content (AvgIpc) is 2.47. The maximum atomic E-state index is 13.1. The first-order valence-corrected chi connectivity index (χ1v) is 7.44. The zero-order valence-corrected chi connectivity index (χ0v) is 11.8. The van der Waals surface area contributed by atoms with Crippen molar-refractivity contribution >= 4 is 10.9 Å². The normalized spacial score (nSPS) is 20.5. The average molecular weight is 291 g/mol. The Labute approximate surface area is 122 Å². The molecule has 0 saturated heterocycles. The van der Waals surface area contributed by atoms with E-state index in [1.165, 1.54) is 0 Å². The molecule has 1 N–H and O–H groups in total. The van der Waals surface area contributed by atoms with Gasteiger partial charge in [-0.2, -0.15) is 0 Å². The molecule has 3 rings (SSSR count). The third kappa shape index (κ3) is 3.38. The van der Waals surface area contributed by atoms with Crippen molar-refractivity contribution in [1.82, 2.24) is 4.98 Å². The zero-order valence-electron chi connectivity index (χ0n) is 11.8. The minimum absolute atomic E-state index is 0.0436. The number of aliphatic hydroxyl groups excluding tert-OH is 1. The number of aromatic nitrogens is 1. The summed E-state index contributed by atoms with van der Waals surface area (Å²) in [5, 5.41) is 11.3. The Morgan fingerprint density at radius 3 is 2.62 bits per heavy atom. The van der Waals surface area contributed by atoms with Crippen molar-refractivity contribution in [3.63, 3.8) is 0 Å². The maximum absolute atomic E-state index is 13.1. The van der Waals surface area contributed by atoms with Gasteiger partial charge >= 0.3 is 0 Å². The Morgan fingerprint density at radius 2 is 1.86 bits per heavy atom. The summed E-state index contributed by atoms with van der Waals surface area (Å²) in [6, 6.07) is 11.7. The quantitative estimate of drug-likeness (QED) is 0.928. The molecule has 112 valence electrons. The number of para-hydroxylation sites is 1. The molecule has 21 heavy (non-hydrogen) atoms. The smallest absolute Gasteiger partial charge is 0.248 e. The standard InChI is InChI=1S/C17H19F2NO/c18-17(19)9-7-13(8-10-17)16(21)11-14-6-5-12-3-1-2-4-15(12)20-14/h1-6,13,16,21H,7-11H2. The fourth-order valence-electron chi connectivity index (χ4n) is 3.05.